The van der Waals surface area contributed by atoms with Gasteiger partial charge < -0.3 is 4.42 Å². The lowest BCUT2D eigenvalue weighted by atomic mass is 10.2. The topological polar surface area (TPSA) is 43.1 Å². The maximum absolute atomic E-state index is 11.2. The summed E-state index contributed by atoms with van der Waals surface area (Å²) in [5.74, 6) is 0.174. The van der Waals surface area contributed by atoms with Crippen LogP contribution >= 0.6 is 34.8 Å². The molecule has 1 heterocycles. The highest BCUT2D eigenvalue weighted by Crippen LogP contribution is 2.26. The van der Waals surface area contributed by atoms with E-state index in [4.69, 9.17) is 39.2 Å². The Kier molecular flexibility index (Phi) is 3.19. The van der Waals surface area contributed by atoms with Gasteiger partial charge in [0, 0.05) is 10.6 Å². The second kappa shape index (κ2) is 4.45. The molecule has 0 atom stereocenters. The number of benzene rings is 1. The van der Waals surface area contributed by atoms with E-state index in [1.807, 2.05) is 0 Å². The van der Waals surface area contributed by atoms with Crippen molar-refractivity contribution in [1.29, 1.82) is 0 Å². The van der Waals surface area contributed by atoms with Crippen molar-refractivity contribution in [3.63, 3.8) is 0 Å². The smallest absolute Gasteiger partial charge is 0.374 e. The van der Waals surface area contributed by atoms with Crippen LogP contribution < -0.4 is 5.63 Å². The molecule has 0 radical (unpaired) electrons. The molecule has 0 aliphatic carbocycles. The van der Waals surface area contributed by atoms with E-state index in [1.165, 1.54) is 0 Å². The monoisotopic (exact) mass is 275 g/mol. The molecule has 3 nitrogen and oxygen atoms in total. The normalized spacial score (nSPS) is 10.4. The van der Waals surface area contributed by atoms with Gasteiger partial charge in [0.1, 0.15) is 0 Å². The standard InChI is InChI=1S/C10H4Cl3NO2/c11-6-3-1-5(2-4-6)7-8(12)14-9(13)10(15)16-7/h1-4H. The van der Waals surface area contributed by atoms with Crippen LogP contribution in [0.4, 0.5) is 0 Å². The zero-order chi connectivity index (χ0) is 11.7. The number of rotatable bonds is 1. The molecule has 82 valence electrons. The van der Waals surface area contributed by atoms with E-state index in [-0.39, 0.29) is 16.1 Å². The summed E-state index contributed by atoms with van der Waals surface area (Å²) in [6.45, 7) is 0. The van der Waals surface area contributed by atoms with Crippen molar-refractivity contribution in [1.82, 2.24) is 4.98 Å². The van der Waals surface area contributed by atoms with Crippen molar-refractivity contribution < 1.29 is 4.42 Å². The Bertz CT molecular complexity index is 578. The van der Waals surface area contributed by atoms with Crippen molar-refractivity contribution in [2.75, 3.05) is 0 Å². The Morgan fingerprint density at radius 2 is 1.62 bits per heavy atom. The lowest BCUT2D eigenvalue weighted by molar-refractivity contribution is 0.518. The zero-order valence-electron chi connectivity index (χ0n) is 7.71. The van der Waals surface area contributed by atoms with Gasteiger partial charge in [0.25, 0.3) is 0 Å². The number of halogens is 3. The molecular formula is C10H4Cl3NO2. The Morgan fingerprint density at radius 1 is 1.00 bits per heavy atom. The van der Waals surface area contributed by atoms with Gasteiger partial charge in [-0.1, -0.05) is 34.8 Å². The minimum absolute atomic E-state index is 0.0342. The fourth-order valence-electron chi connectivity index (χ4n) is 1.14. The molecule has 0 bridgehead atoms. The van der Waals surface area contributed by atoms with Gasteiger partial charge in [-0.2, -0.15) is 0 Å². The van der Waals surface area contributed by atoms with Crippen molar-refractivity contribution in [2.45, 2.75) is 0 Å². The van der Waals surface area contributed by atoms with Gasteiger partial charge in [0.2, 0.25) is 5.15 Å². The molecule has 2 aromatic rings. The molecule has 0 aliphatic heterocycles. The molecule has 0 N–H and O–H groups in total. The molecule has 1 aromatic heterocycles. The summed E-state index contributed by atoms with van der Waals surface area (Å²) in [7, 11) is 0. The van der Waals surface area contributed by atoms with E-state index in [0.717, 1.165) is 0 Å². The Labute approximate surface area is 106 Å². The van der Waals surface area contributed by atoms with E-state index in [1.54, 1.807) is 24.3 Å². The van der Waals surface area contributed by atoms with Crippen LogP contribution in [0.5, 0.6) is 0 Å². The van der Waals surface area contributed by atoms with Gasteiger partial charge in [-0.25, -0.2) is 9.78 Å². The maximum Gasteiger partial charge on any atom is 0.374 e. The SMILES string of the molecule is O=c1oc(-c2ccc(Cl)cc2)c(Cl)nc1Cl. The fourth-order valence-corrected chi connectivity index (χ4v) is 1.66. The predicted molar refractivity (Wildman–Crippen MR) is 63.2 cm³/mol. The molecule has 0 aliphatic rings. The number of hydrogen-bond acceptors (Lipinski definition) is 3. The quantitative estimate of drug-likeness (QED) is 0.798. The Hall–Kier alpha value is -1.03. The third-order valence-corrected chi connectivity index (χ3v) is 2.60. The first-order chi connectivity index (χ1) is 7.58. The van der Waals surface area contributed by atoms with Crippen molar-refractivity contribution in [2.24, 2.45) is 0 Å². The fraction of sp³-hybridized carbons (Fsp3) is 0. The van der Waals surface area contributed by atoms with Crippen LogP contribution in [0.15, 0.2) is 33.5 Å². The minimum Gasteiger partial charge on any atom is -0.417 e. The van der Waals surface area contributed by atoms with Crippen molar-refractivity contribution in [3.8, 4) is 11.3 Å². The van der Waals surface area contributed by atoms with E-state index >= 15 is 0 Å². The van der Waals surface area contributed by atoms with Gasteiger partial charge in [0.05, 0.1) is 0 Å². The predicted octanol–water partition coefficient (Wildman–Crippen LogP) is 3.66. The van der Waals surface area contributed by atoms with Gasteiger partial charge in [-0.05, 0) is 24.3 Å². The van der Waals surface area contributed by atoms with E-state index in [2.05, 4.69) is 4.98 Å². The summed E-state index contributed by atoms with van der Waals surface area (Å²) >= 11 is 17.0. The van der Waals surface area contributed by atoms with Gasteiger partial charge >= 0.3 is 5.63 Å². The average molecular weight is 277 g/mol. The average Bonchev–Trinajstić information content (AvgIpc) is 2.25. The maximum atomic E-state index is 11.2. The summed E-state index contributed by atoms with van der Waals surface area (Å²) in [6, 6.07) is 6.65. The third kappa shape index (κ3) is 2.21. The molecular weight excluding hydrogens is 272 g/mol. The second-order valence-corrected chi connectivity index (χ2v) is 4.07. The van der Waals surface area contributed by atoms with Crippen LogP contribution in [0.2, 0.25) is 15.3 Å². The highest BCUT2D eigenvalue weighted by Gasteiger charge is 2.11. The summed E-state index contributed by atoms with van der Waals surface area (Å²) in [4.78, 5) is 14.9. The Morgan fingerprint density at radius 3 is 2.25 bits per heavy atom. The molecule has 16 heavy (non-hydrogen) atoms. The number of nitrogens with zero attached hydrogens (tertiary/aromatic N) is 1. The van der Waals surface area contributed by atoms with Crippen LogP contribution in [0.1, 0.15) is 0 Å². The summed E-state index contributed by atoms with van der Waals surface area (Å²) < 4.78 is 4.94. The van der Waals surface area contributed by atoms with Crippen LogP contribution in [0.3, 0.4) is 0 Å². The lowest BCUT2D eigenvalue weighted by Gasteiger charge is -2.01. The van der Waals surface area contributed by atoms with Gasteiger partial charge in [-0.3, -0.25) is 0 Å². The van der Waals surface area contributed by atoms with Crippen molar-refractivity contribution >= 4 is 34.8 Å². The highest BCUT2D eigenvalue weighted by atomic mass is 35.5. The molecule has 0 spiro atoms. The molecule has 2 rings (SSSR count). The number of hydrogen-bond donors (Lipinski definition) is 0. The van der Waals surface area contributed by atoms with Crippen LogP contribution in [0.25, 0.3) is 11.3 Å². The van der Waals surface area contributed by atoms with Crippen LogP contribution in [-0.4, -0.2) is 4.98 Å². The second-order valence-electron chi connectivity index (χ2n) is 2.92. The summed E-state index contributed by atoms with van der Waals surface area (Å²) in [5, 5.41) is 0.318. The van der Waals surface area contributed by atoms with Crippen LogP contribution in [-0.2, 0) is 0 Å². The third-order valence-electron chi connectivity index (χ3n) is 1.85. The highest BCUT2D eigenvalue weighted by molar-refractivity contribution is 6.33. The molecule has 0 unspecified atom stereocenters. The zero-order valence-corrected chi connectivity index (χ0v) is 9.97. The van der Waals surface area contributed by atoms with Crippen molar-refractivity contribution in [3.05, 3.63) is 50.0 Å². The van der Waals surface area contributed by atoms with Crippen LogP contribution in [0, 0.1) is 0 Å². The largest absolute Gasteiger partial charge is 0.417 e. The minimum atomic E-state index is -0.726. The molecule has 0 saturated heterocycles. The van der Waals surface area contributed by atoms with E-state index in [9.17, 15) is 4.79 Å². The molecule has 0 amide bonds. The van der Waals surface area contributed by atoms with Gasteiger partial charge in [0.15, 0.2) is 10.9 Å². The first kappa shape index (κ1) is 11.5. The molecule has 0 fully saturated rings. The Balaban J connectivity index is 2.60. The summed E-state index contributed by atoms with van der Waals surface area (Å²) in [6.07, 6.45) is 0. The molecule has 0 saturated carbocycles. The lowest BCUT2D eigenvalue weighted by Crippen LogP contribution is -2.03. The van der Waals surface area contributed by atoms with E-state index in [0.29, 0.717) is 10.6 Å². The van der Waals surface area contributed by atoms with Gasteiger partial charge in [-0.15, -0.1) is 0 Å². The first-order valence-corrected chi connectivity index (χ1v) is 5.33. The molecule has 1 aromatic carbocycles. The first-order valence-electron chi connectivity index (χ1n) is 4.20. The molecule has 6 heteroatoms. The summed E-state index contributed by atoms with van der Waals surface area (Å²) in [5.41, 5.74) is -0.119. The number of aromatic nitrogens is 1. The van der Waals surface area contributed by atoms with E-state index < -0.39 is 5.63 Å².